The zero-order valence-electron chi connectivity index (χ0n) is 10.8. The Morgan fingerprint density at radius 3 is 2.60 bits per heavy atom. The first-order valence-electron chi connectivity index (χ1n) is 5.97. The van der Waals surface area contributed by atoms with Crippen molar-refractivity contribution in [3.8, 4) is 0 Å². The number of nitrogens with one attached hydrogen (secondary N) is 1. The highest BCUT2D eigenvalue weighted by atomic mass is 32.2. The van der Waals surface area contributed by atoms with E-state index in [1.165, 1.54) is 0 Å². The molecule has 1 aromatic rings. The lowest BCUT2D eigenvalue weighted by Gasteiger charge is -2.16. The van der Waals surface area contributed by atoms with Gasteiger partial charge in [-0.15, -0.1) is 0 Å². The lowest BCUT2D eigenvalue weighted by molar-refractivity contribution is 0.0696. The third kappa shape index (κ3) is 3.99. The van der Waals surface area contributed by atoms with Crippen molar-refractivity contribution in [2.24, 2.45) is 0 Å². The summed E-state index contributed by atoms with van der Waals surface area (Å²) in [5, 5.41) is 17.6. The Hall–Kier alpha value is -1.51. The van der Waals surface area contributed by atoms with Crippen LogP contribution in [0.2, 0.25) is 0 Å². The number of aliphatic hydroxyl groups is 1. The highest BCUT2D eigenvalue weighted by Crippen LogP contribution is 2.17. The maximum absolute atomic E-state index is 13.6. The van der Waals surface area contributed by atoms with Crippen LogP contribution in [0.4, 0.5) is 4.39 Å². The summed E-state index contributed by atoms with van der Waals surface area (Å²) in [5.41, 5.74) is -0.318. The van der Waals surface area contributed by atoms with Crippen LogP contribution in [0.25, 0.3) is 0 Å². The zero-order valence-corrected chi connectivity index (χ0v) is 11.7. The molecule has 0 radical (unpaired) electrons. The topological polar surface area (TPSA) is 104 Å². The second-order valence-electron chi connectivity index (χ2n) is 4.19. The number of aromatic carboxylic acids is 1. The maximum Gasteiger partial charge on any atom is 0.335 e. The summed E-state index contributed by atoms with van der Waals surface area (Å²) in [6, 6.07) is 2.01. The van der Waals surface area contributed by atoms with E-state index in [1.807, 2.05) is 0 Å². The molecule has 1 rings (SSSR count). The molecule has 0 fully saturated rings. The minimum absolute atomic E-state index is 0.190. The molecule has 20 heavy (non-hydrogen) atoms. The van der Waals surface area contributed by atoms with E-state index in [4.69, 9.17) is 10.2 Å². The quantitative estimate of drug-likeness (QED) is 0.696. The summed E-state index contributed by atoms with van der Waals surface area (Å²) >= 11 is 0. The molecule has 112 valence electrons. The number of rotatable bonds is 7. The fraction of sp³-hybridized carbons (Fsp3) is 0.417. The summed E-state index contributed by atoms with van der Waals surface area (Å²) in [5.74, 6) is -2.37. The number of benzene rings is 1. The van der Waals surface area contributed by atoms with E-state index in [2.05, 4.69) is 4.72 Å². The van der Waals surface area contributed by atoms with E-state index >= 15 is 0 Å². The van der Waals surface area contributed by atoms with E-state index in [1.54, 1.807) is 6.92 Å². The average molecular weight is 305 g/mol. The molecule has 0 amide bonds. The van der Waals surface area contributed by atoms with E-state index < -0.39 is 32.7 Å². The number of aliphatic hydroxyl groups excluding tert-OH is 1. The lowest BCUT2D eigenvalue weighted by atomic mass is 10.2. The Labute approximate surface area is 116 Å². The number of halogens is 1. The molecule has 1 atom stereocenters. The molecule has 0 bridgehead atoms. The molecule has 0 heterocycles. The highest BCUT2D eigenvalue weighted by molar-refractivity contribution is 7.89. The van der Waals surface area contributed by atoms with Gasteiger partial charge in [-0.2, -0.15) is 0 Å². The van der Waals surface area contributed by atoms with Crippen molar-refractivity contribution in [1.29, 1.82) is 0 Å². The minimum Gasteiger partial charge on any atom is -0.478 e. The van der Waals surface area contributed by atoms with Gasteiger partial charge in [0.1, 0.15) is 10.7 Å². The number of carbonyl (C=O) groups is 1. The normalized spacial score (nSPS) is 13.2. The summed E-state index contributed by atoms with van der Waals surface area (Å²) in [6.07, 6.45) is 0.607. The van der Waals surface area contributed by atoms with Gasteiger partial charge in [-0.3, -0.25) is 0 Å². The number of carboxylic acid groups (broad SMARTS) is 1. The molecule has 1 unspecified atom stereocenters. The first-order chi connectivity index (χ1) is 9.31. The Morgan fingerprint density at radius 1 is 1.45 bits per heavy atom. The predicted octanol–water partition coefficient (Wildman–Crippen LogP) is 0.963. The molecule has 3 N–H and O–H groups in total. The van der Waals surface area contributed by atoms with Crippen LogP contribution < -0.4 is 4.72 Å². The molecule has 1 aromatic carbocycles. The fourth-order valence-corrected chi connectivity index (χ4v) is 3.08. The third-order valence-corrected chi connectivity index (χ3v) is 4.30. The van der Waals surface area contributed by atoms with Crippen molar-refractivity contribution < 1.29 is 27.8 Å². The first-order valence-corrected chi connectivity index (χ1v) is 7.46. The summed E-state index contributed by atoms with van der Waals surface area (Å²) in [6.45, 7) is 1.51. The molecule has 0 saturated carbocycles. The molecule has 6 nitrogen and oxygen atoms in total. The second kappa shape index (κ2) is 6.78. The van der Waals surface area contributed by atoms with Gasteiger partial charge in [-0.1, -0.05) is 6.92 Å². The van der Waals surface area contributed by atoms with Crippen LogP contribution in [0.1, 0.15) is 30.1 Å². The van der Waals surface area contributed by atoms with Crippen LogP contribution in [-0.4, -0.2) is 37.2 Å². The van der Waals surface area contributed by atoms with Gasteiger partial charge in [-0.05, 0) is 31.0 Å². The first kappa shape index (κ1) is 16.5. The lowest BCUT2D eigenvalue weighted by Crippen LogP contribution is -2.35. The fourth-order valence-electron chi connectivity index (χ4n) is 1.63. The largest absolute Gasteiger partial charge is 0.478 e. The molecular formula is C12H16FNO5S. The minimum atomic E-state index is -4.18. The number of carboxylic acids is 1. The molecule has 0 aliphatic carbocycles. The van der Waals surface area contributed by atoms with Crippen molar-refractivity contribution in [1.82, 2.24) is 4.72 Å². The monoisotopic (exact) mass is 305 g/mol. The standard InChI is InChI=1S/C12H16FNO5S/c1-2-9(5-6-15)14-20(18,19)11-7-8(12(16)17)3-4-10(11)13/h3-4,7,9,14-15H,2,5-6H2,1H3,(H,16,17). The van der Waals surface area contributed by atoms with Gasteiger partial charge in [-0.25, -0.2) is 22.3 Å². The van der Waals surface area contributed by atoms with Crippen LogP contribution >= 0.6 is 0 Å². The summed E-state index contributed by atoms with van der Waals surface area (Å²) < 4.78 is 39.9. The van der Waals surface area contributed by atoms with Crippen LogP contribution in [0.5, 0.6) is 0 Å². The Morgan fingerprint density at radius 2 is 2.10 bits per heavy atom. The Bertz CT molecular complexity index is 588. The van der Waals surface area contributed by atoms with E-state index in [-0.39, 0.29) is 18.6 Å². The van der Waals surface area contributed by atoms with E-state index in [0.717, 1.165) is 18.2 Å². The van der Waals surface area contributed by atoms with Crippen molar-refractivity contribution >= 4 is 16.0 Å². The van der Waals surface area contributed by atoms with Gasteiger partial charge < -0.3 is 10.2 Å². The van der Waals surface area contributed by atoms with Gasteiger partial charge in [0, 0.05) is 12.6 Å². The van der Waals surface area contributed by atoms with Crippen LogP contribution in [0, 0.1) is 5.82 Å². The maximum atomic E-state index is 13.6. The van der Waals surface area contributed by atoms with Crippen molar-refractivity contribution in [2.75, 3.05) is 6.61 Å². The smallest absolute Gasteiger partial charge is 0.335 e. The van der Waals surface area contributed by atoms with Gasteiger partial charge in [0.25, 0.3) is 0 Å². The van der Waals surface area contributed by atoms with E-state index in [0.29, 0.717) is 6.42 Å². The Balaban J connectivity index is 3.14. The molecule has 0 spiro atoms. The van der Waals surface area contributed by atoms with Crippen molar-refractivity contribution in [2.45, 2.75) is 30.7 Å². The van der Waals surface area contributed by atoms with Gasteiger partial charge in [0.15, 0.2) is 0 Å². The molecule has 0 aliphatic heterocycles. The van der Waals surface area contributed by atoms with Gasteiger partial charge in [0.2, 0.25) is 10.0 Å². The third-order valence-electron chi connectivity index (χ3n) is 2.76. The van der Waals surface area contributed by atoms with Crippen molar-refractivity contribution in [3.05, 3.63) is 29.6 Å². The van der Waals surface area contributed by atoms with Crippen LogP contribution in [0.15, 0.2) is 23.1 Å². The second-order valence-corrected chi connectivity index (χ2v) is 5.87. The van der Waals surface area contributed by atoms with Crippen molar-refractivity contribution in [3.63, 3.8) is 0 Å². The van der Waals surface area contributed by atoms with Gasteiger partial charge >= 0.3 is 5.97 Å². The summed E-state index contributed by atoms with van der Waals surface area (Å²) in [7, 11) is -4.18. The number of hydrogen-bond donors (Lipinski definition) is 3. The zero-order chi connectivity index (χ0) is 15.3. The predicted molar refractivity (Wildman–Crippen MR) is 69.5 cm³/mol. The van der Waals surface area contributed by atoms with E-state index in [9.17, 15) is 17.6 Å². The Kier molecular flexibility index (Phi) is 5.61. The summed E-state index contributed by atoms with van der Waals surface area (Å²) in [4.78, 5) is 10.1. The molecular weight excluding hydrogens is 289 g/mol. The number of hydrogen-bond acceptors (Lipinski definition) is 4. The molecule has 0 aliphatic rings. The average Bonchev–Trinajstić information content (AvgIpc) is 2.37. The number of sulfonamides is 1. The van der Waals surface area contributed by atoms with Crippen LogP contribution in [-0.2, 0) is 10.0 Å². The van der Waals surface area contributed by atoms with Gasteiger partial charge in [0.05, 0.1) is 5.56 Å². The SMILES string of the molecule is CCC(CCO)NS(=O)(=O)c1cc(C(=O)O)ccc1F. The molecule has 0 aromatic heterocycles. The highest BCUT2D eigenvalue weighted by Gasteiger charge is 2.23. The van der Waals surface area contributed by atoms with Crippen LogP contribution in [0.3, 0.4) is 0 Å². The molecule has 0 saturated heterocycles. The molecule has 8 heteroatoms.